The Morgan fingerprint density at radius 2 is 1.68 bits per heavy atom. The third-order valence-corrected chi connectivity index (χ3v) is 6.01. The summed E-state index contributed by atoms with van der Waals surface area (Å²) in [4.78, 5) is 62.6. The number of rotatable bonds is 12. The first-order valence-electron chi connectivity index (χ1n) is 11.6. The van der Waals surface area contributed by atoms with Gasteiger partial charge < -0.3 is 35.6 Å². The molecule has 0 unspecified atom stereocenters. The van der Waals surface area contributed by atoms with Crippen LogP contribution in [0, 0.1) is 5.92 Å². The Morgan fingerprint density at radius 1 is 1.03 bits per heavy atom. The maximum atomic E-state index is 13.0. The summed E-state index contributed by atoms with van der Waals surface area (Å²) in [6, 6.07) is -2.68. The molecule has 0 radical (unpaired) electrons. The molecule has 0 spiro atoms. The summed E-state index contributed by atoms with van der Waals surface area (Å²) >= 11 is 0. The standard InChI is InChI=1S/C21H37BN4O8/c1-6-12(2)18(22(32)33)25-20(30)15-8-7-11-26(15)21(31)14(4)24-19(29)13(3)23-16(27)9-10-17(28)34-5/h12-15,18,32-33H,6-11H2,1-5H3,(H,23,27)(H,24,29)(H,25,30)/t12-,13+,14+,15+,18+/m1/s1. The largest absolute Gasteiger partial charge is 0.475 e. The van der Waals surface area contributed by atoms with Gasteiger partial charge >= 0.3 is 13.1 Å². The molecule has 4 amide bonds. The summed E-state index contributed by atoms with van der Waals surface area (Å²) < 4.78 is 4.46. The van der Waals surface area contributed by atoms with Crippen LogP contribution in [-0.2, 0) is 28.7 Å². The Hall–Kier alpha value is -2.67. The van der Waals surface area contributed by atoms with Gasteiger partial charge in [-0.05, 0) is 32.6 Å². The van der Waals surface area contributed by atoms with Gasteiger partial charge in [-0.15, -0.1) is 0 Å². The minimum atomic E-state index is -1.73. The van der Waals surface area contributed by atoms with Crippen molar-refractivity contribution in [3.8, 4) is 0 Å². The highest BCUT2D eigenvalue weighted by Gasteiger charge is 2.39. The molecule has 5 atom stereocenters. The molecule has 13 heteroatoms. The second-order valence-corrected chi connectivity index (χ2v) is 8.62. The maximum Gasteiger partial charge on any atom is 0.475 e. The van der Waals surface area contributed by atoms with E-state index in [1.165, 1.54) is 25.9 Å². The van der Waals surface area contributed by atoms with E-state index in [0.29, 0.717) is 25.8 Å². The number of methoxy groups -OCH3 is 1. The Labute approximate surface area is 200 Å². The van der Waals surface area contributed by atoms with E-state index in [2.05, 4.69) is 20.7 Å². The van der Waals surface area contributed by atoms with Crippen LogP contribution in [-0.4, -0.2) is 89.4 Å². The van der Waals surface area contributed by atoms with Crippen LogP contribution < -0.4 is 16.0 Å². The molecule has 1 saturated heterocycles. The summed E-state index contributed by atoms with van der Waals surface area (Å²) in [5, 5.41) is 26.9. The highest BCUT2D eigenvalue weighted by atomic mass is 16.5. The summed E-state index contributed by atoms with van der Waals surface area (Å²) in [5.41, 5.74) is 0. The average Bonchev–Trinajstić information content (AvgIpc) is 3.29. The van der Waals surface area contributed by atoms with Gasteiger partial charge in [0.15, 0.2) is 0 Å². The molecule has 1 fully saturated rings. The normalized spacial score (nSPS) is 18.8. The second kappa shape index (κ2) is 13.9. The zero-order valence-corrected chi connectivity index (χ0v) is 20.5. The van der Waals surface area contributed by atoms with Crippen LogP contribution in [0.5, 0.6) is 0 Å². The van der Waals surface area contributed by atoms with Crippen molar-refractivity contribution in [3.63, 3.8) is 0 Å². The van der Waals surface area contributed by atoms with Gasteiger partial charge in [0.25, 0.3) is 0 Å². The molecule has 0 aromatic carbocycles. The topological polar surface area (TPSA) is 174 Å². The molecule has 1 rings (SSSR count). The van der Waals surface area contributed by atoms with Crippen molar-refractivity contribution >= 4 is 36.7 Å². The first kappa shape index (κ1) is 29.4. The van der Waals surface area contributed by atoms with Crippen LogP contribution in [0.3, 0.4) is 0 Å². The Kier molecular flexibility index (Phi) is 12.0. The van der Waals surface area contributed by atoms with E-state index < -0.39 is 60.8 Å². The van der Waals surface area contributed by atoms with Gasteiger partial charge in [0.1, 0.15) is 18.1 Å². The smallest absolute Gasteiger partial charge is 0.469 e. The minimum absolute atomic E-state index is 0.116. The van der Waals surface area contributed by atoms with Gasteiger partial charge in [-0.2, -0.15) is 0 Å². The van der Waals surface area contributed by atoms with Crippen LogP contribution in [0.1, 0.15) is 59.8 Å². The third kappa shape index (κ3) is 8.60. The zero-order valence-electron chi connectivity index (χ0n) is 20.5. The van der Waals surface area contributed by atoms with Crippen LogP contribution in [0.25, 0.3) is 0 Å². The number of carbonyl (C=O) groups excluding carboxylic acids is 5. The molecule has 0 saturated carbocycles. The molecule has 0 aliphatic carbocycles. The van der Waals surface area contributed by atoms with Crippen molar-refractivity contribution in [2.24, 2.45) is 5.92 Å². The average molecular weight is 484 g/mol. The molecular formula is C21H37BN4O8. The van der Waals surface area contributed by atoms with Crippen molar-refractivity contribution < 1.29 is 38.8 Å². The Balaban J connectivity index is 2.68. The number of ether oxygens (including phenoxy) is 1. The second-order valence-electron chi connectivity index (χ2n) is 8.62. The fraction of sp³-hybridized carbons (Fsp3) is 0.762. The van der Waals surface area contributed by atoms with E-state index in [1.54, 1.807) is 6.92 Å². The Bertz CT molecular complexity index is 750. The number of hydrogen-bond donors (Lipinski definition) is 5. The van der Waals surface area contributed by atoms with Crippen LogP contribution in [0.15, 0.2) is 0 Å². The van der Waals surface area contributed by atoms with Crippen LogP contribution in [0.4, 0.5) is 0 Å². The number of esters is 1. The highest BCUT2D eigenvalue weighted by molar-refractivity contribution is 6.43. The fourth-order valence-corrected chi connectivity index (χ4v) is 3.67. The van der Waals surface area contributed by atoms with E-state index in [1.807, 2.05) is 6.92 Å². The van der Waals surface area contributed by atoms with Crippen molar-refractivity contribution in [3.05, 3.63) is 0 Å². The van der Waals surface area contributed by atoms with Gasteiger partial charge in [-0.25, -0.2) is 0 Å². The molecule has 1 aliphatic heterocycles. The number of hydrogen-bond acceptors (Lipinski definition) is 8. The molecule has 12 nitrogen and oxygen atoms in total. The molecule has 192 valence electrons. The summed E-state index contributed by atoms with van der Waals surface area (Å²) in [5.74, 6) is -3.63. The SMILES string of the molecule is CC[C@@H](C)[C@H](NC(=O)[C@@H]1CCCN1C(=O)[C@H](C)NC(=O)[C@H](C)NC(=O)CCC(=O)OC)B(O)O. The molecule has 0 aromatic rings. The summed E-state index contributed by atoms with van der Waals surface area (Å²) in [6.07, 6.45) is 1.38. The Morgan fingerprint density at radius 3 is 2.24 bits per heavy atom. The van der Waals surface area contributed by atoms with Crippen molar-refractivity contribution in [2.45, 2.75) is 83.9 Å². The number of nitrogens with one attached hydrogen (secondary N) is 3. The lowest BCUT2D eigenvalue weighted by atomic mass is 9.71. The van der Waals surface area contributed by atoms with Crippen molar-refractivity contribution in [1.82, 2.24) is 20.9 Å². The summed E-state index contributed by atoms with van der Waals surface area (Å²) in [7, 11) is -0.518. The minimum Gasteiger partial charge on any atom is -0.469 e. The molecule has 1 heterocycles. The number of likely N-dealkylation sites (tertiary alicyclic amines) is 1. The number of nitrogens with zero attached hydrogens (tertiary/aromatic N) is 1. The van der Waals surface area contributed by atoms with Crippen LogP contribution in [0.2, 0.25) is 0 Å². The lowest BCUT2D eigenvalue weighted by molar-refractivity contribution is -0.142. The van der Waals surface area contributed by atoms with Gasteiger partial charge in [0.05, 0.1) is 19.5 Å². The van der Waals surface area contributed by atoms with Crippen molar-refractivity contribution in [1.29, 1.82) is 0 Å². The summed E-state index contributed by atoms with van der Waals surface area (Å²) in [6.45, 7) is 6.91. The lowest BCUT2D eigenvalue weighted by Crippen LogP contribution is -2.58. The fourth-order valence-electron chi connectivity index (χ4n) is 3.67. The first-order chi connectivity index (χ1) is 15.9. The maximum absolute atomic E-state index is 13.0. The predicted molar refractivity (Wildman–Crippen MR) is 123 cm³/mol. The zero-order chi connectivity index (χ0) is 26.0. The van der Waals surface area contributed by atoms with E-state index in [-0.39, 0.29) is 18.8 Å². The highest BCUT2D eigenvalue weighted by Crippen LogP contribution is 2.20. The van der Waals surface area contributed by atoms with E-state index in [9.17, 15) is 34.0 Å². The van der Waals surface area contributed by atoms with Gasteiger partial charge in [-0.3, -0.25) is 24.0 Å². The third-order valence-electron chi connectivity index (χ3n) is 6.01. The van der Waals surface area contributed by atoms with Gasteiger partial charge in [0, 0.05) is 13.0 Å². The predicted octanol–water partition coefficient (Wildman–Crippen LogP) is -1.52. The monoisotopic (exact) mass is 484 g/mol. The molecule has 0 bridgehead atoms. The van der Waals surface area contributed by atoms with E-state index >= 15 is 0 Å². The van der Waals surface area contributed by atoms with Crippen LogP contribution >= 0.6 is 0 Å². The molecule has 5 N–H and O–H groups in total. The molecule has 1 aliphatic rings. The quantitative estimate of drug-likeness (QED) is 0.164. The van der Waals surface area contributed by atoms with Crippen molar-refractivity contribution in [2.75, 3.05) is 13.7 Å². The number of carbonyl (C=O) groups is 5. The molecule has 34 heavy (non-hydrogen) atoms. The van der Waals surface area contributed by atoms with E-state index in [4.69, 9.17) is 0 Å². The molecular weight excluding hydrogens is 447 g/mol. The molecule has 0 aromatic heterocycles. The number of amides is 4. The first-order valence-corrected chi connectivity index (χ1v) is 11.6. The van der Waals surface area contributed by atoms with E-state index in [0.717, 1.165) is 0 Å². The lowest BCUT2D eigenvalue weighted by Gasteiger charge is -2.30. The van der Waals surface area contributed by atoms with Gasteiger partial charge in [-0.1, -0.05) is 20.3 Å². The van der Waals surface area contributed by atoms with Gasteiger partial charge in [0.2, 0.25) is 23.6 Å².